The molecule has 1 unspecified atom stereocenters. The third kappa shape index (κ3) is 3.23. The van der Waals surface area contributed by atoms with Crippen LogP contribution in [0.5, 0.6) is 0 Å². The van der Waals surface area contributed by atoms with Gasteiger partial charge in [-0.15, -0.1) is 10.2 Å². The lowest BCUT2D eigenvalue weighted by molar-refractivity contribution is -0.141. The predicted octanol–water partition coefficient (Wildman–Crippen LogP) is 0.497. The van der Waals surface area contributed by atoms with Gasteiger partial charge in [0.2, 0.25) is 0 Å². The third-order valence-electron chi connectivity index (χ3n) is 3.45. The highest BCUT2D eigenvalue weighted by Crippen LogP contribution is 2.24. The first-order valence-corrected chi connectivity index (χ1v) is 6.59. The van der Waals surface area contributed by atoms with Crippen LogP contribution in [0.15, 0.2) is 12.1 Å². The van der Waals surface area contributed by atoms with Crippen LogP contribution < -0.4 is 10.6 Å². The van der Waals surface area contributed by atoms with Crippen LogP contribution in [0, 0.1) is 0 Å². The number of hydrogen-bond donors (Lipinski definition) is 1. The minimum absolute atomic E-state index is 0.0601. The number of aromatic nitrogens is 2. The van der Waals surface area contributed by atoms with Crippen molar-refractivity contribution in [3.8, 4) is 0 Å². The molecule has 7 heteroatoms. The smallest absolute Gasteiger partial charge is 0.307 e. The summed E-state index contributed by atoms with van der Waals surface area (Å²) in [5.41, 5.74) is 5.27. The summed E-state index contributed by atoms with van der Waals surface area (Å²) in [6.07, 6.45) is 3.35. The maximum absolute atomic E-state index is 11.5. The minimum Gasteiger partial charge on any atom is -0.469 e. The molecule has 0 saturated carbocycles. The summed E-state index contributed by atoms with van der Waals surface area (Å²) in [7, 11) is 1.39. The lowest BCUT2D eigenvalue weighted by Crippen LogP contribution is -2.41. The van der Waals surface area contributed by atoms with E-state index in [0.29, 0.717) is 12.2 Å². The topological polar surface area (TPSA) is 98.4 Å². The first kappa shape index (κ1) is 14.2. The number of piperidine rings is 1. The second kappa shape index (κ2) is 6.31. The number of hydrogen-bond acceptors (Lipinski definition) is 6. The highest BCUT2D eigenvalue weighted by molar-refractivity contribution is 5.90. The SMILES string of the molecule is COC(=O)CC1CCCCN1c1ccc(C(N)=O)nn1. The molecule has 2 rings (SSSR count). The van der Waals surface area contributed by atoms with Crippen molar-refractivity contribution in [3.05, 3.63) is 17.8 Å². The Bertz CT molecular complexity index is 489. The highest BCUT2D eigenvalue weighted by Gasteiger charge is 2.26. The van der Waals surface area contributed by atoms with Crippen LogP contribution in [0.2, 0.25) is 0 Å². The lowest BCUT2D eigenvalue weighted by Gasteiger charge is -2.35. The van der Waals surface area contributed by atoms with E-state index < -0.39 is 5.91 Å². The zero-order valence-corrected chi connectivity index (χ0v) is 11.4. The molecule has 2 N–H and O–H groups in total. The van der Waals surface area contributed by atoms with Gasteiger partial charge < -0.3 is 15.4 Å². The van der Waals surface area contributed by atoms with Gasteiger partial charge in [0.25, 0.3) is 5.91 Å². The average Bonchev–Trinajstić information content (AvgIpc) is 2.48. The Kier molecular flexibility index (Phi) is 4.49. The summed E-state index contributed by atoms with van der Waals surface area (Å²) in [4.78, 5) is 24.5. The molecular weight excluding hydrogens is 260 g/mol. The Morgan fingerprint density at radius 2 is 2.20 bits per heavy atom. The molecule has 1 aromatic heterocycles. The van der Waals surface area contributed by atoms with Crippen molar-refractivity contribution in [1.29, 1.82) is 0 Å². The average molecular weight is 278 g/mol. The molecule has 20 heavy (non-hydrogen) atoms. The summed E-state index contributed by atoms with van der Waals surface area (Å²) >= 11 is 0. The van der Waals surface area contributed by atoms with Crippen molar-refractivity contribution in [2.24, 2.45) is 5.73 Å². The van der Waals surface area contributed by atoms with Crippen LogP contribution in [-0.2, 0) is 9.53 Å². The number of primary amides is 1. The van der Waals surface area contributed by atoms with Gasteiger partial charge in [0, 0.05) is 12.6 Å². The number of carbonyl (C=O) groups excluding carboxylic acids is 2. The predicted molar refractivity (Wildman–Crippen MR) is 72.2 cm³/mol. The van der Waals surface area contributed by atoms with E-state index in [4.69, 9.17) is 10.5 Å². The zero-order valence-electron chi connectivity index (χ0n) is 11.4. The number of anilines is 1. The first-order valence-electron chi connectivity index (χ1n) is 6.59. The fourth-order valence-corrected chi connectivity index (χ4v) is 2.40. The number of esters is 1. The molecule has 1 saturated heterocycles. The number of rotatable bonds is 4. The van der Waals surface area contributed by atoms with Crippen LogP contribution in [0.4, 0.5) is 5.82 Å². The molecule has 1 atom stereocenters. The Balaban J connectivity index is 2.14. The summed E-state index contributed by atoms with van der Waals surface area (Å²) in [5.74, 6) is -0.180. The first-order chi connectivity index (χ1) is 9.61. The maximum Gasteiger partial charge on any atom is 0.307 e. The van der Waals surface area contributed by atoms with E-state index in [1.165, 1.54) is 7.11 Å². The lowest BCUT2D eigenvalue weighted by atomic mass is 9.99. The highest BCUT2D eigenvalue weighted by atomic mass is 16.5. The van der Waals surface area contributed by atoms with E-state index in [1.807, 2.05) is 4.90 Å². The fourth-order valence-electron chi connectivity index (χ4n) is 2.40. The van der Waals surface area contributed by atoms with Gasteiger partial charge in [0.1, 0.15) is 0 Å². The minimum atomic E-state index is -0.603. The van der Waals surface area contributed by atoms with Gasteiger partial charge in [-0.3, -0.25) is 9.59 Å². The molecule has 1 aliphatic rings. The standard InChI is InChI=1S/C13H18N4O3/c1-20-12(18)8-9-4-2-3-7-17(9)11-6-5-10(13(14)19)15-16-11/h5-6,9H,2-4,7-8H2,1H3,(H2,14,19). The molecule has 0 bridgehead atoms. The Morgan fingerprint density at radius 1 is 1.40 bits per heavy atom. The molecule has 1 fully saturated rings. The molecule has 7 nitrogen and oxygen atoms in total. The van der Waals surface area contributed by atoms with Gasteiger partial charge >= 0.3 is 5.97 Å². The van der Waals surface area contributed by atoms with Gasteiger partial charge in [-0.05, 0) is 31.4 Å². The zero-order chi connectivity index (χ0) is 14.5. The van der Waals surface area contributed by atoms with Crippen molar-refractivity contribution >= 4 is 17.7 Å². The van der Waals surface area contributed by atoms with E-state index in [-0.39, 0.29) is 17.7 Å². The van der Waals surface area contributed by atoms with Gasteiger partial charge in [0.15, 0.2) is 11.5 Å². The van der Waals surface area contributed by atoms with E-state index >= 15 is 0 Å². The quantitative estimate of drug-likeness (QED) is 0.805. The number of nitrogens with two attached hydrogens (primary N) is 1. The van der Waals surface area contributed by atoms with Crippen molar-refractivity contribution in [3.63, 3.8) is 0 Å². The Hall–Kier alpha value is -2.18. The maximum atomic E-state index is 11.5. The van der Waals surface area contributed by atoms with E-state index in [9.17, 15) is 9.59 Å². The van der Waals surface area contributed by atoms with Crippen molar-refractivity contribution < 1.29 is 14.3 Å². The molecule has 108 valence electrons. The molecular formula is C13H18N4O3. The summed E-state index contributed by atoms with van der Waals surface area (Å²) < 4.78 is 4.72. The van der Waals surface area contributed by atoms with Crippen LogP contribution in [-0.4, -0.2) is 41.8 Å². The van der Waals surface area contributed by atoms with Crippen LogP contribution >= 0.6 is 0 Å². The van der Waals surface area contributed by atoms with Crippen LogP contribution in [0.3, 0.4) is 0 Å². The number of ether oxygens (including phenoxy) is 1. The molecule has 2 heterocycles. The van der Waals surface area contributed by atoms with E-state index in [2.05, 4.69) is 10.2 Å². The van der Waals surface area contributed by atoms with Gasteiger partial charge in [-0.25, -0.2) is 0 Å². The molecule has 0 radical (unpaired) electrons. The number of amides is 1. The molecule has 0 spiro atoms. The van der Waals surface area contributed by atoms with Crippen molar-refractivity contribution in [2.75, 3.05) is 18.6 Å². The summed E-state index contributed by atoms with van der Waals surface area (Å²) in [5, 5.41) is 7.83. The second-order valence-corrected chi connectivity index (χ2v) is 4.76. The molecule has 0 aromatic carbocycles. The van der Waals surface area contributed by atoms with E-state index in [0.717, 1.165) is 25.8 Å². The normalized spacial score (nSPS) is 18.6. The second-order valence-electron chi connectivity index (χ2n) is 4.76. The van der Waals surface area contributed by atoms with E-state index in [1.54, 1.807) is 12.1 Å². The van der Waals surface area contributed by atoms with Crippen LogP contribution in [0.25, 0.3) is 0 Å². The monoisotopic (exact) mass is 278 g/mol. The molecule has 0 aliphatic carbocycles. The summed E-state index contributed by atoms with van der Waals surface area (Å²) in [6, 6.07) is 3.32. The number of nitrogens with zero attached hydrogens (tertiary/aromatic N) is 3. The third-order valence-corrected chi connectivity index (χ3v) is 3.45. The molecule has 1 amide bonds. The fraction of sp³-hybridized carbons (Fsp3) is 0.538. The Morgan fingerprint density at radius 3 is 2.80 bits per heavy atom. The van der Waals surface area contributed by atoms with Crippen molar-refractivity contribution in [2.45, 2.75) is 31.7 Å². The Labute approximate surface area is 117 Å². The van der Waals surface area contributed by atoms with Gasteiger partial charge in [-0.1, -0.05) is 0 Å². The molecule has 1 aliphatic heterocycles. The van der Waals surface area contributed by atoms with Gasteiger partial charge in [0.05, 0.1) is 13.5 Å². The number of methoxy groups -OCH3 is 1. The van der Waals surface area contributed by atoms with Crippen molar-refractivity contribution in [1.82, 2.24) is 10.2 Å². The summed E-state index contributed by atoms with van der Waals surface area (Å²) in [6.45, 7) is 0.812. The van der Waals surface area contributed by atoms with Crippen LogP contribution in [0.1, 0.15) is 36.2 Å². The number of carbonyl (C=O) groups is 2. The molecule has 1 aromatic rings. The largest absolute Gasteiger partial charge is 0.469 e. The van der Waals surface area contributed by atoms with Gasteiger partial charge in [-0.2, -0.15) is 0 Å².